The second-order valence-electron chi connectivity index (χ2n) is 7.39. The molecule has 34 heavy (non-hydrogen) atoms. The molecule has 11 heteroatoms. The van der Waals surface area contributed by atoms with Crippen LogP contribution >= 0.6 is 0 Å². The minimum atomic E-state index is -3.60. The highest BCUT2D eigenvalue weighted by molar-refractivity contribution is 7.89. The molecule has 1 aliphatic rings. The first-order valence-corrected chi connectivity index (χ1v) is 11.9. The smallest absolute Gasteiger partial charge is 0.331 e. The number of rotatable bonds is 7. The van der Waals surface area contributed by atoms with E-state index in [-0.39, 0.29) is 4.90 Å². The van der Waals surface area contributed by atoms with Crippen LogP contribution in [-0.2, 0) is 29.1 Å². The highest BCUT2D eigenvalue weighted by Crippen LogP contribution is 2.18. The highest BCUT2D eigenvalue weighted by Gasteiger charge is 2.25. The largest absolute Gasteiger partial charge is 0.452 e. The van der Waals surface area contributed by atoms with Crippen LogP contribution < -0.4 is 10.9 Å². The Bertz CT molecular complexity index is 1150. The summed E-state index contributed by atoms with van der Waals surface area (Å²) < 4.78 is 36.6. The number of hydrazine groups is 1. The van der Waals surface area contributed by atoms with Crippen LogP contribution in [0.4, 0.5) is 0 Å². The van der Waals surface area contributed by atoms with E-state index in [1.54, 1.807) is 36.4 Å². The fraction of sp³-hybridized carbons (Fsp3) is 0.261. The van der Waals surface area contributed by atoms with Gasteiger partial charge in [0, 0.05) is 24.7 Å². The predicted molar refractivity (Wildman–Crippen MR) is 123 cm³/mol. The fourth-order valence-electron chi connectivity index (χ4n) is 2.98. The van der Waals surface area contributed by atoms with Crippen LogP contribution in [0.3, 0.4) is 0 Å². The lowest BCUT2D eigenvalue weighted by molar-refractivity contribution is -0.144. The number of sulfonamides is 1. The van der Waals surface area contributed by atoms with Gasteiger partial charge in [-0.15, -0.1) is 0 Å². The molecule has 0 unspecified atom stereocenters. The molecule has 2 aromatic rings. The van der Waals surface area contributed by atoms with E-state index < -0.39 is 34.4 Å². The van der Waals surface area contributed by atoms with Gasteiger partial charge in [0.05, 0.1) is 18.1 Å². The normalized spacial score (nSPS) is 14.5. The molecule has 2 N–H and O–H groups in total. The lowest BCUT2D eigenvalue weighted by Crippen LogP contribution is -2.43. The summed E-state index contributed by atoms with van der Waals surface area (Å²) in [6, 6.07) is 12.8. The van der Waals surface area contributed by atoms with Gasteiger partial charge in [0.15, 0.2) is 6.61 Å². The zero-order valence-corrected chi connectivity index (χ0v) is 19.3. The van der Waals surface area contributed by atoms with Gasteiger partial charge in [-0.2, -0.15) is 4.31 Å². The van der Waals surface area contributed by atoms with Crippen molar-refractivity contribution in [3.05, 3.63) is 71.3 Å². The van der Waals surface area contributed by atoms with Gasteiger partial charge in [0.2, 0.25) is 10.0 Å². The number of carbonyl (C=O) groups is 3. The van der Waals surface area contributed by atoms with E-state index in [2.05, 4.69) is 10.9 Å². The van der Waals surface area contributed by atoms with Gasteiger partial charge in [-0.3, -0.25) is 20.4 Å². The third-order valence-corrected chi connectivity index (χ3v) is 6.79. The quantitative estimate of drug-likeness (QED) is 0.339. The maximum atomic E-state index is 12.6. The van der Waals surface area contributed by atoms with Gasteiger partial charge >= 0.3 is 5.97 Å². The zero-order valence-electron chi connectivity index (χ0n) is 18.5. The lowest BCUT2D eigenvalue weighted by atomic mass is 10.1. The van der Waals surface area contributed by atoms with Gasteiger partial charge in [-0.05, 0) is 42.8 Å². The molecular weight excluding hydrogens is 462 g/mol. The average Bonchev–Trinajstić information content (AvgIpc) is 2.86. The SMILES string of the molecule is Cc1ccc(C(=O)NNC(=O)COC(=O)/C=C/c2ccc(S(=O)(=O)N3CCOCC3)cc2)cc1. The van der Waals surface area contributed by atoms with E-state index >= 15 is 0 Å². The second-order valence-corrected chi connectivity index (χ2v) is 9.33. The first-order valence-electron chi connectivity index (χ1n) is 10.4. The average molecular weight is 488 g/mol. The second kappa shape index (κ2) is 11.5. The van der Waals surface area contributed by atoms with Crippen molar-refractivity contribution >= 4 is 33.9 Å². The summed E-state index contributed by atoms with van der Waals surface area (Å²) in [5.41, 5.74) is 6.34. The molecule has 1 heterocycles. The van der Waals surface area contributed by atoms with E-state index in [0.29, 0.717) is 37.4 Å². The number of nitrogens with one attached hydrogen (secondary N) is 2. The molecular formula is C23H25N3O7S. The Morgan fingerprint density at radius 2 is 1.65 bits per heavy atom. The van der Waals surface area contributed by atoms with Gasteiger partial charge in [0.25, 0.3) is 11.8 Å². The molecule has 3 rings (SSSR count). The molecule has 1 aliphatic heterocycles. The van der Waals surface area contributed by atoms with E-state index in [9.17, 15) is 22.8 Å². The first kappa shape index (κ1) is 25.1. The highest BCUT2D eigenvalue weighted by atomic mass is 32.2. The zero-order chi connectivity index (χ0) is 24.6. The van der Waals surface area contributed by atoms with Crippen LogP contribution in [0.2, 0.25) is 0 Å². The van der Waals surface area contributed by atoms with Crippen LogP contribution in [0, 0.1) is 6.92 Å². The number of ether oxygens (including phenoxy) is 2. The number of nitrogens with zero attached hydrogens (tertiary/aromatic N) is 1. The number of amides is 2. The van der Waals surface area contributed by atoms with Crippen molar-refractivity contribution < 1.29 is 32.3 Å². The summed E-state index contributed by atoms with van der Waals surface area (Å²) in [7, 11) is -3.60. The lowest BCUT2D eigenvalue weighted by Gasteiger charge is -2.26. The van der Waals surface area contributed by atoms with Crippen LogP contribution in [0.25, 0.3) is 6.08 Å². The molecule has 0 saturated carbocycles. The summed E-state index contributed by atoms with van der Waals surface area (Å²) in [4.78, 5) is 35.7. The molecule has 0 radical (unpaired) electrons. The van der Waals surface area contributed by atoms with Crippen molar-refractivity contribution in [3.63, 3.8) is 0 Å². The topological polar surface area (TPSA) is 131 Å². The van der Waals surface area contributed by atoms with Crippen molar-refractivity contribution in [2.45, 2.75) is 11.8 Å². The Labute approximate surface area is 197 Å². The summed E-state index contributed by atoms with van der Waals surface area (Å²) in [5.74, 6) is -1.98. The van der Waals surface area contributed by atoms with Crippen LogP contribution in [0.1, 0.15) is 21.5 Å². The fourth-order valence-corrected chi connectivity index (χ4v) is 4.38. The Morgan fingerprint density at radius 3 is 2.29 bits per heavy atom. The van der Waals surface area contributed by atoms with Crippen LogP contribution in [0.5, 0.6) is 0 Å². The molecule has 1 saturated heterocycles. The summed E-state index contributed by atoms with van der Waals surface area (Å²) in [5, 5.41) is 0. The summed E-state index contributed by atoms with van der Waals surface area (Å²) >= 11 is 0. The molecule has 0 aliphatic carbocycles. The third kappa shape index (κ3) is 6.98. The third-order valence-electron chi connectivity index (χ3n) is 4.87. The van der Waals surface area contributed by atoms with Gasteiger partial charge in [-0.25, -0.2) is 13.2 Å². The Balaban J connectivity index is 1.44. The van der Waals surface area contributed by atoms with Crippen LogP contribution in [0.15, 0.2) is 59.5 Å². The van der Waals surface area contributed by atoms with Gasteiger partial charge in [-0.1, -0.05) is 29.8 Å². The number of esters is 1. The summed E-state index contributed by atoms with van der Waals surface area (Å²) in [6.07, 6.45) is 2.55. The molecule has 0 atom stereocenters. The predicted octanol–water partition coefficient (Wildman–Crippen LogP) is 1.03. The number of carbonyl (C=O) groups excluding carboxylic acids is 3. The van der Waals surface area contributed by atoms with E-state index in [1.807, 2.05) is 6.92 Å². The maximum absolute atomic E-state index is 12.6. The van der Waals surface area contributed by atoms with Gasteiger partial charge in [0.1, 0.15) is 0 Å². The number of hydrogen-bond donors (Lipinski definition) is 2. The first-order chi connectivity index (χ1) is 16.3. The van der Waals surface area contributed by atoms with E-state index in [1.165, 1.54) is 22.5 Å². The Kier molecular flexibility index (Phi) is 8.52. The number of hydrogen-bond acceptors (Lipinski definition) is 7. The van der Waals surface area contributed by atoms with E-state index in [4.69, 9.17) is 9.47 Å². The molecule has 1 fully saturated rings. The molecule has 180 valence electrons. The molecule has 2 amide bonds. The number of benzene rings is 2. The maximum Gasteiger partial charge on any atom is 0.331 e. The minimum absolute atomic E-state index is 0.151. The molecule has 10 nitrogen and oxygen atoms in total. The van der Waals surface area contributed by atoms with Crippen molar-refractivity contribution in [2.24, 2.45) is 0 Å². The van der Waals surface area contributed by atoms with Crippen LogP contribution in [-0.4, -0.2) is 63.4 Å². The Morgan fingerprint density at radius 1 is 1.00 bits per heavy atom. The van der Waals surface area contributed by atoms with Crippen molar-refractivity contribution in [1.82, 2.24) is 15.2 Å². The van der Waals surface area contributed by atoms with Crippen molar-refractivity contribution in [3.8, 4) is 0 Å². The molecule has 2 aromatic carbocycles. The van der Waals surface area contributed by atoms with Crippen molar-refractivity contribution in [1.29, 1.82) is 0 Å². The minimum Gasteiger partial charge on any atom is -0.452 e. The molecule has 0 spiro atoms. The van der Waals surface area contributed by atoms with E-state index in [0.717, 1.165) is 11.6 Å². The van der Waals surface area contributed by atoms with Gasteiger partial charge < -0.3 is 9.47 Å². The Hall–Kier alpha value is -3.54. The number of aryl methyl sites for hydroxylation is 1. The summed E-state index contributed by atoms with van der Waals surface area (Å²) in [6.45, 7) is 2.63. The number of morpholine rings is 1. The standard InChI is InChI=1S/C23H25N3O7S/c1-17-2-7-19(8-3-17)23(29)25-24-21(27)16-33-22(28)11-6-18-4-9-20(10-5-18)34(30,31)26-12-14-32-15-13-26/h2-11H,12-16H2,1H3,(H,24,27)(H,25,29)/b11-6+. The monoisotopic (exact) mass is 487 g/mol. The molecule has 0 bridgehead atoms. The molecule has 0 aromatic heterocycles. The van der Waals surface area contributed by atoms with Crippen molar-refractivity contribution in [2.75, 3.05) is 32.9 Å².